The summed E-state index contributed by atoms with van der Waals surface area (Å²) in [5.41, 5.74) is 5.81. The summed E-state index contributed by atoms with van der Waals surface area (Å²) in [6.45, 7) is 5.48. The molecule has 1 saturated heterocycles. The average molecular weight is 250 g/mol. The fourth-order valence-corrected chi connectivity index (χ4v) is 2.69. The summed E-state index contributed by atoms with van der Waals surface area (Å²) in [5.74, 6) is 1.75. The number of furan rings is 1. The Morgan fingerprint density at radius 1 is 1.56 bits per heavy atom. The maximum atomic E-state index is 12.4. The first-order valence-corrected chi connectivity index (χ1v) is 6.77. The van der Waals surface area contributed by atoms with Crippen LogP contribution in [-0.2, 0) is 6.42 Å². The third-order valence-corrected chi connectivity index (χ3v) is 3.84. The van der Waals surface area contributed by atoms with Crippen LogP contribution in [0.5, 0.6) is 0 Å². The number of piperidine rings is 1. The summed E-state index contributed by atoms with van der Waals surface area (Å²) in [6.07, 6.45) is 3.00. The van der Waals surface area contributed by atoms with Crippen molar-refractivity contribution >= 4 is 5.91 Å². The predicted molar refractivity (Wildman–Crippen MR) is 70.4 cm³/mol. The largest absolute Gasteiger partial charge is 0.456 e. The molecule has 0 saturated carbocycles. The molecule has 0 aromatic carbocycles. The van der Waals surface area contributed by atoms with E-state index in [4.69, 9.17) is 10.2 Å². The molecule has 4 nitrogen and oxygen atoms in total. The number of aryl methyl sites for hydroxylation is 1. The monoisotopic (exact) mass is 250 g/mol. The van der Waals surface area contributed by atoms with E-state index in [-0.39, 0.29) is 11.9 Å². The molecule has 1 aliphatic rings. The molecule has 1 aliphatic heterocycles. The number of amides is 1. The number of rotatable bonds is 3. The van der Waals surface area contributed by atoms with Gasteiger partial charge in [-0.25, -0.2) is 0 Å². The molecular weight excluding hydrogens is 228 g/mol. The Bertz CT molecular complexity index is 414. The smallest absolute Gasteiger partial charge is 0.289 e. The van der Waals surface area contributed by atoms with E-state index in [1.807, 2.05) is 17.9 Å². The van der Waals surface area contributed by atoms with E-state index < -0.39 is 0 Å². The van der Waals surface area contributed by atoms with Crippen molar-refractivity contribution in [3.05, 3.63) is 23.7 Å². The van der Waals surface area contributed by atoms with Crippen molar-refractivity contribution < 1.29 is 9.21 Å². The van der Waals surface area contributed by atoms with Gasteiger partial charge in [-0.05, 0) is 30.9 Å². The predicted octanol–water partition coefficient (Wildman–Crippen LogP) is 2.04. The minimum Gasteiger partial charge on any atom is -0.456 e. The van der Waals surface area contributed by atoms with Crippen LogP contribution in [-0.4, -0.2) is 29.9 Å². The van der Waals surface area contributed by atoms with Crippen molar-refractivity contribution in [3.63, 3.8) is 0 Å². The van der Waals surface area contributed by atoms with E-state index in [1.165, 1.54) is 0 Å². The van der Waals surface area contributed by atoms with E-state index in [0.717, 1.165) is 31.6 Å². The Morgan fingerprint density at radius 2 is 2.33 bits per heavy atom. The van der Waals surface area contributed by atoms with Crippen LogP contribution in [0.15, 0.2) is 16.5 Å². The van der Waals surface area contributed by atoms with E-state index >= 15 is 0 Å². The van der Waals surface area contributed by atoms with Crippen LogP contribution < -0.4 is 5.73 Å². The molecule has 1 aromatic heterocycles. The Labute approximate surface area is 108 Å². The quantitative estimate of drug-likeness (QED) is 0.893. The topological polar surface area (TPSA) is 59.5 Å². The van der Waals surface area contributed by atoms with Gasteiger partial charge in [0, 0.05) is 25.6 Å². The molecule has 2 atom stereocenters. The van der Waals surface area contributed by atoms with E-state index in [2.05, 4.69) is 6.92 Å². The summed E-state index contributed by atoms with van der Waals surface area (Å²) in [6, 6.07) is 3.79. The highest BCUT2D eigenvalue weighted by Gasteiger charge is 2.32. The van der Waals surface area contributed by atoms with E-state index in [9.17, 15) is 4.79 Å². The van der Waals surface area contributed by atoms with Gasteiger partial charge in [0.2, 0.25) is 0 Å². The second kappa shape index (κ2) is 5.57. The van der Waals surface area contributed by atoms with Gasteiger partial charge in [0.25, 0.3) is 5.91 Å². The molecule has 1 amide bonds. The first-order valence-electron chi connectivity index (χ1n) is 6.77. The van der Waals surface area contributed by atoms with Gasteiger partial charge in [-0.2, -0.15) is 0 Å². The van der Waals surface area contributed by atoms with E-state index in [0.29, 0.717) is 18.2 Å². The van der Waals surface area contributed by atoms with Crippen molar-refractivity contribution in [2.24, 2.45) is 11.7 Å². The normalized spacial score (nSPS) is 24.3. The third-order valence-electron chi connectivity index (χ3n) is 3.84. The van der Waals surface area contributed by atoms with Gasteiger partial charge in [0.1, 0.15) is 5.76 Å². The molecule has 4 heteroatoms. The molecule has 2 N–H and O–H groups in total. The van der Waals surface area contributed by atoms with Crippen LogP contribution in [0.25, 0.3) is 0 Å². The molecule has 2 rings (SSSR count). The highest BCUT2D eigenvalue weighted by Crippen LogP contribution is 2.24. The van der Waals surface area contributed by atoms with Gasteiger partial charge in [0.15, 0.2) is 5.76 Å². The molecule has 1 fully saturated rings. The van der Waals surface area contributed by atoms with Crippen molar-refractivity contribution in [2.75, 3.05) is 13.1 Å². The van der Waals surface area contributed by atoms with Crippen molar-refractivity contribution in [2.45, 2.75) is 39.2 Å². The minimum atomic E-state index is -0.0169. The first kappa shape index (κ1) is 13.1. The number of nitrogens with two attached hydrogens (primary N) is 1. The highest BCUT2D eigenvalue weighted by molar-refractivity contribution is 5.91. The van der Waals surface area contributed by atoms with Crippen molar-refractivity contribution in [1.82, 2.24) is 4.90 Å². The number of hydrogen-bond donors (Lipinski definition) is 1. The van der Waals surface area contributed by atoms with Crippen molar-refractivity contribution in [1.29, 1.82) is 0 Å². The number of carbonyl (C=O) groups is 1. The van der Waals surface area contributed by atoms with Crippen LogP contribution in [0.3, 0.4) is 0 Å². The zero-order chi connectivity index (χ0) is 13.1. The second-order valence-electron chi connectivity index (χ2n) is 5.04. The Morgan fingerprint density at radius 3 is 2.94 bits per heavy atom. The standard InChI is InChI=1S/C14H22N2O2/c1-3-11-6-7-13(18-11)14(17)16-8-4-5-10(2)12(16)9-15/h6-7,10,12H,3-5,8-9,15H2,1-2H3/t10-,12+/m0/s1. The third kappa shape index (κ3) is 2.43. The lowest BCUT2D eigenvalue weighted by molar-refractivity contribution is 0.0499. The molecule has 2 heterocycles. The molecule has 1 aromatic rings. The molecule has 0 spiro atoms. The molecule has 18 heavy (non-hydrogen) atoms. The van der Waals surface area contributed by atoms with Gasteiger partial charge in [-0.3, -0.25) is 4.79 Å². The van der Waals surface area contributed by atoms with Gasteiger partial charge >= 0.3 is 0 Å². The second-order valence-corrected chi connectivity index (χ2v) is 5.04. The number of hydrogen-bond acceptors (Lipinski definition) is 3. The lowest BCUT2D eigenvalue weighted by Gasteiger charge is -2.38. The zero-order valence-electron chi connectivity index (χ0n) is 11.2. The fourth-order valence-electron chi connectivity index (χ4n) is 2.69. The zero-order valence-corrected chi connectivity index (χ0v) is 11.2. The minimum absolute atomic E-state index is 0.0169. The van der Waals surface area contributed by atoms with Gasteiger partial charge in [0.05, 0.1) is 0 Å². The van der Waals surface area contributed by atoms with Gasteiger partial charge < -0.3 is 15.1 Å². The van der Waals surface area contributed by atoms with Crippen LogP contribution in [0.4, 0.5) is 0 Å². The average Bonchev–Trinajstić information content (AvgIpc) is 2.86. The number of carbonyl (C=O) groups excluding carboxylic acids is 1. The molecule has 0 aliphatic carbocycles. The van der Waals surface area contributed by atoms with Crippen LogP contribution in [0, 0.1) is 5.92 Å². The summed E-state index contributed by atoms with van der Waals surface area (Å²) in [4.78, 5) is 14.3. The first-order chi connectivity index (χ1) is 8.67. The molecule has 0 unspecified atom stereocenters. The summed E-state index contributed by atoms with van der Waals surface area (Å²) in [5, 5.41) is 0. The van der Waals surface area contributed by atoms with Crippen LogP contribution >= 0.6 is 0 Å². The van der Waals surface area contributed by atoms with Gasteiger partial charge in [-0.1, -0.05) is 13.8 Å². The number of nitrogens with zero attached hydrogens (tertiary/aromatic N) is 1. The fraction of sp³-hybridized carbons (Fsp3) is 0.643. The highest BCUT2D eigenvalue weighted by atomic mass is 16.4. The van der Waals surface area contributed by atoms with Crippen LogP contribution in [0.2, 0.25) is 0 Å². The Balaban J connectivity index is 2.16. The Kier molecular flexibility index (Phi) is 4.07. The molecule has 100 valence electrons. The van der Waals surface area contributed by atoms with Crippen LogP contribution in [0.1, 0.15) is 43.0 Å². The van der Waals surface area contributed by atoms with Gasteiger partial charge in [-0.15, -0.1) is 0 Å². The number of likely N-dealkylation sites (tertiary alicyclic amines) is 1. The lowest BCUT2D eigenvalue weighted by Crippen LogP contribution is -2.51. The maximum Gasteiger partial charge on any atom is 0.289 e. The lowest BCUT2D eigenvalue weighted by atomic mass is 9.90. The molecule has 0 radical (unpaired) electrons. The van der Waals surface area contributed by atoms with E-state index in [1.54, 1.807) is 6.07 Å². The molecule has 0 bridgehead atoms. The molecular formula is C14H22N2O2. The van der Waals surface area contributed by atoms with Crippen molar-refractivity contribution in [3.8, 4) is 0 Å². The summed E-state index contributed by atoms with van der Waals surface area (Å²) >= 11 is 0. The summed E-state index contributed by atoms with van der Waals surface area (Å²) < 4.78 is 5.54. The summed E-state index contributed by atoms with van der Waals surface area (Å²) in [7, 11) is 0. The Hall–Kier alpha value is -1.29. The maximum absolute atomic E-state index is 12.4. The SMILES string of the molecule is CCc1ccc(C(=O)N2CCC[C@H](C)[C@H]2CN)o1.